The zero-order chi connectivity index (χ0) is 14.5. The average Bonchev–Trinajstić information content (AvgIpc) is 2.77. The number of carbonyl (C=O) groups excluding carboxylic acids is 1. The van der Waals surface area contributed by atoms with Crippen molar-refractivity contribution >= 4 is 22.8 Å². The summed E-state index contributed by atoms with van der Waals surface area (Å²) in [6, 6.07) is 0. The first-order chi connectivity index (χ1) is 9.69. The Morgan fingerprint density at radius 1 is 1.40 bits per heavy atom. The lowest BCUT2D eigenvalue weighted by molar-refractivity contribution is 0.112. The molecule has 0 spiro atoms. The lowest BCUT2D eigenvalue weighted by atomic mass is 9.98. The third-order valence-electron chi connectivity index (χ3n) is 4.55. The van der Waals surface area contributed by atoms with Crippen LogP contribution in [0, 0.1) is 5.92 Å². The van der Waals surface area contributed by atoms with Crippen molar-refractivity contribution in [3.05, 3.63) is 10.6 Å². The van der Waals surface area contributed by atoms with Gasteiger partial charge in [0.1, 0.15) is 0 Å². The minimum atomic E-state index is 0.371. The third-order valence-corrected chi connectivity index (χ3v) is 5.61. The monoisotopic (exact) mass is 294 g/mol. The molecule has 0 radical (unpaired) electrons. The van der Waals surface area contributed by atoms with Crippen LogP contribution < -0.4 is 4.90 Å². The molecule has 1 saturated heterocycles. The van der Waals surface area contributed by atoms with Gasteiger partial charge >= 0.3 is 0 Å². The van der Waals surface area contributed by atoms with E-state index >= 15 is 0 Å². The fourth-order valence-electron chi connectivity index (χ4n) is 2.86. The van der Waals surface area contributed by atoms with Gasteiger partial charge in [0, 0.05) is 13.1 Å². The highest BCUT2D eigenvalue weighted by molar-refractivity contribution is 7.17. The Hall–Kier alpha value is -0.900. The molecule has 0 aliphatic carbocycles. The normalized spacial score (nSPS) is 21.6. The van der Waals surface area contributed by atoms with E-state index in [1.165, 1.54) is 25.7 Å². The molecule has 1 aliphatic rings. The standard InChI is InChI=1S/C16H26N2OS/c1-4-12(3)15-14(11-19)20-16(17-15)18-9-6-7-13(5-2)8-10-18/h11-13H,4-10H2,1-3H3. The van der Waals surface area contributed by atoms with Crippen molar-refractivity contribution in [3.8, 4) is 0 Å². The van der Waals surface area contributed by atoms with Gasteiger partial charge in [-0.2, -0.15) is 0 Å². The topological polar surface area (TPSA) is 33.2 Å². The largest absolute Gasteiger partial charge is 0.348 e. The van der Waals surface area contributed by atoms with Crippen LogP contribution in [0.3, 0.4) is 0 Å². The molecule has 0 saturated carbocycles. The summed E-state index contributed by atoms with van der Waals surface area (Å²) >= 11 is 1.57. The number of carbonyl (C=O) groups is 1. The SMILES string of the molecule is CCC1CCCN(c2nc(C(C)CC)c(C=O)s2)CC1. The van der Waals surface area contributed by atoms with Gasteiger partial charge in [-0.3, -0.25) is 4.79 Å². The second-order valence-electron chi connectivity index (χ2n) is 5.87. The Labute approximate surface area is 126 Å². The van der Waals surface area contributed by atoms with Gasteiger partial charge in [0.05, 0.1) is 10.6 Å². The maximum absolute atomic E-state index is 11.3. The molecule has 0 N–H and O–H groups in total. The maximum Gasteiger partial charge on any atom is 0.186 e. The van der Waals surface area contributed by atoms with Crippen LogP contribution in [0.4, 0.5) is 5.13 Å². The number of aromatic nitrogens is 1. The van der Waals surface area contributed by atoms with Crippen molar-refractivity contribution in [2.75, 3.05) is 18.0 Å². The molecule has 2 atom stereocenters. The van der Waals surface area contributed by atoms with Crippen LogP contribution in [0.5, 0.6) is 0 Å². The fourth-order valence-corrected chi connectivity index (χ4v) is 3.91. The summed E-state index contributed by atoms with van der Waals surface area (Å²) in [6.45, 7) is 8.76. The Balaban J connectivity index is 2.16. The minimum absolute atomic E-state index is 0.371. The molecule has 3 nitrogen and oxygen atoms in total. The predicted molar refractivity (Wildman–Crippen MR) is 86.1 cm³/mol. The number of thiazole rings is 1. The van der Waals surface area contributed by atoms with Crippen molar-refractivity contribution in [1.82, 2.24) is 4.98 Å². The van der Waals surface area contributed by atoms with E-state index < -0.39 is 0 Å². The van der Waals surface area contributed by atoms with Gasteiger partial charge < -0.3 is 4.90 Å². The van der Waals surface area contributed by atoms with E-state index in [1.807, 2.05) is 0 Å². The molecule has 1 fully saturated rings. The number of hydrogen-bond acceptors (Lipinski definition) is 4. The highest BCUT2D eigenvalue weighted by Gasteiger charge is 2.21. The first-order valence-electron chi connectivity index (χ1n) is 7.90. The molecule has 112 valence electrons. The van der Waals surface area contributed by atoms with Crippen LogP contribution >= 0.6 is 11.3 Å². The van der Waals surface area contributed by atoms with Gasteiger partial charge in [0.25, 0.3) is 0 Å². The quantitative estimate of drug-likeness (QED) is 0.750. The van der Waals surface area contributed by atoms with Crippen LogP contribution in [0.1, 0.15) is 74.2 Å². The average molecular weight is 294 g/mol. The Morgan fingerprint density at radius 2 is 2.20 bits per heavy atom. The van der Waals surface area contributed by atoms with E-state index in [1.54, 1.807) is 11.3 Å². The molecule has 20 heavy (non-hydrogen) atoms. The van der Waals surface area contributed by atoms with Crippen molar-refractivity contribution in [2.24, 2.45) is 5.92 Å². The number of rotatable bonds is 5. The number of aldehydes is 1. The smallest absolute Gasteiger partial charge is 0.186 e. The lowest BCUT2D eigenvalue weighted by Gasteiger charge is -2.19. The summed E-state index contributed by atoms with van der Waals surface area (Å²) < 4.78 is 0. The maximum atomic E-state index is 11.3. The van der Waals surface area contributed by atoms with Gasteiger partial charge in [-0.15, -0.1) is 0 Å². The molecule has 1 aromatic rings. The molecular weight excluding hydrogens is 268 g/mol. The predicted octanol–water partition coefficient (Wildman–Crippen LogP) is 4.49. The van der Waals surface area contributed by atoms with Gasteiger partial charge in [-0.05, 0) is 37.5 Å². The van der Waals surface area contributed by atoms with E-state index in [4.69, 9.17) is 4.98 Å². The molecule has 4 heteroatoms. The lowest BCUT2D eigenvalue weighted by Crippen LogP contribution is -2.24. The van der Waals surface area contributed by atoms with Gasteiger partial charge in [-0.25, -0.2) is 4.98 Å². The molecule has 2 rings (SSSR count). The van der Waals surface area contributed by atoms with Crippen LogP contribution in [-0.4, -0.2) is 24.4 Å². The van der Waals surface area contributed by atoms with Crippen molar-refractivity contribution in [2.45, 2.75) is 58.8 Å². The van der Waals surface area contributed by atoms with Gasteiger partial charge in [-0.1, -0.05) is 38.5 Å². The summed E-state index contributed by atoms with van der Waals surface area (Å²) in [7, 11) is 0. The Bertz CT molecular complexity index is 444. The zero-order valence-electron chi connectivity index (χ0n) is 12.9. The van der Waals surface area contributed by atoms with Gasteiger partial charge in [0.2, 0.25) is 0 Å². The summed E-state index contributed by atoms with van der Waals surface area (Å²) in [6.07, 6.45) is 7.12. The first kappa shape index (κ1) is 15.5. The second-order valence-corrected chi connectivity index (χ2v) is 6.87. The zero-order valence-corrected chi connectivity index (χ0v) is 13.7. The summed E-state index contributed by atoms with van der Waals surface area (Å²) in [5, 5.41) is 1.05. The number of hydrogen-bond donors (Lipinski definition) is 0. The molecule has 2 heterocycles. The third kappa shape index (κ3) is 3.40. The molecule has 1 aromatic heterocycles. The highest BCUT2D eigenvalue weighted by Crippen LogP contribution is 2.33. The Morgan fingerprint density at radius 3 is 2.85 bits per heavy atom. The van der Waals surface area contributed by atoms with E-state index in [0.717, 1.165) is 47.4 Å². The van der Waals surface area contributed by atoms with Gasteiger partial charge in [0.15, 0.2) is 11.4 Å². The van der Waals surface area contributed by atoms with Crippen molar-refractivity contribution in [3.63, 3.8) is 0 Å². The first-order valence-corrected chi connectivity index (χ1v) is 8.72. The Kier molecular flexibility index (Phi) is 5.58. The van der Waals surface area contributed by atoms with E-state index in [9.17, 15) is 4.79 Å². The summed E-state index contributed by atoms with van der Waals surface area (Å²) in [4.78, 5) is 19.3. The van der Waals surface area contributed by atoms with E-state index in [2.05, 4.69) is 25.7 Å². The van der Waals surface area contributed by atoms with Crippen molar-refractivity contribution in [1.29, 1.82) is 0 Å². The highest BCUT2D eigenvalue weighted by atomic mass is 32.1. The van der Waals surface area contributed by atoms with Crippen LogP contribution in [0.15, 0.2) is 0 Å². The second kappa shape index (κ2) is 7.21. The molecule has 0 aromatic carbocycles. The molecule has 0 bridgehead atoms. The molecule has 2 unspecified atom stereocenters. The summed E-state index contributed by atoms with van der Waals surface area (Å²) in [5.74, 6) is 1.23. The van der Waals surface area contributed by atoms with Crippen LogP contribution in [0.2, 0.25) is 0 Å². The molecular formula is C16H26N2OS. The fraction of sp³-hybridized carbons (Fsp3) is 0.750. The number of anilines is 1. The number of nitrogens with zero attached hydrogens (tertiary/aromatic N) is 2. The van der Waals surface area contributed by atoms with Crippen molar-refractivity contribution < 1.29 is 4.79 Å². The summed E-state index contributed by atoms with van der Waals surface area (Å²) in [5.41, 5.74) is 0.999. The van der Waals surface area contributed by atoms with Crippen LogP contribution in [0.25, 0.3) is 0 Å². The van der Waals surface area contributed by atoms with E-state index in [0.29, 0.717) is 5.92 Å². The molecule has 1 aliphatic heterocycles. The molecule has 0 amide bonds. The van der Waals surface area contributed by atoms with E-state index in [-0.39, 0.29) is 0 Å². The minimum Gasteiger partial charge on any atom is -0.348 e. The van der Waals surface area contributed by atoms with Crippen LogP contribution in [-0.2, 0) is 0 Å².